The molecule has 7 heteroatoms. The number of aliphatic hydroxyl groups excluding tert-OH is 1. The van der Waals surface area contributed by atoms with Gasteiger partial charge in [0.1, 0.15) is 10.3 Å². The Kier molecular flexibility index (Phi) is 5.60. The fraction of sp³-hybridized carbons (Fsp3) is 0.538. The second-order valence-corrected chi connectivity index (χ2v) is 5.43. The number of halogens is 2. The molecule has 0 atom stereocenters. The third-order valence-electron chi connectivity index (χ3n) is 3.34. The lowest BCUT2D eigenvalue weighted by Gasteiger charge is -2.21. The first kappa shape index (κ1) is 15.5. The standard InChI is InChI=1S/C13H17Cl2N3O2/c14-11-3-2-10(12(15)16-11)13(20)18-5-1-4-17(6-7-18)8-9-19/h2-3,19H,1,4-9H2. The first-order valence-corrected chi connectivity index (χ1v) is 7.32. The highest BCUT2D eigenvalue weighted by molar-refractivity contribution is 6.34. The van der Waals surface area contributed by atoms with Crippen molar-refractivity contribution in [2.45, 2.75) is 6.42 Å². The number of β-amino-alcohol motifs (C(OH)–C–C–N with tert-alkyl or cyclic N) is 1. The summed E-state index contributed by atoms with van der Waals surface area (Å²) in [5, 5.41) is 9.38. The van der Waals surface area contributed by atoms with Crippen LogP contribution in [-0.4, -0.2) is 65.1 Å². The van der Waals surface area contributed by atoms with Crippen LogP contribution in [0.5, 0.6) is 0 Å². The van der Waals surface area contributed by atoms with Crippen molar-refractivity contribution in [2.75, 3.05) is 39.3 Å². The normalized spacial score (nSPS) is 17.1. The van der Waals surface area contributed by atoms with Crippen molar-refractivity contribution in [3.8, 4) is 0 Å². The third kappa shape index (κ3) is 3.82. The van der Waals surface area contributed by atoms with Gasteiger partial charge in [-0.05, 0) is 25.1 Å². The lowest BCUT2D eigenvalue weighted by molar-refractivity contribution is 0.0760. The van der Waals surface area contributed by atoms with Gasteiger partial charge in [0, 0.05) is 26.2 Å². The largest absolute Gasteiger partial charge is 0.395 e. The van der Waals surface area contributed by atoms with Gasteiger partial charge in [0.2, 0.25) is 0 Å². The van der Waals surface area contributed by atoms with E-state index < -0.39 is 0 Å². The molecule has 1 saturated heterocycles. The summed E-state index contributed by atoms with van der Waals surface area (Å²) < 4.78 is 0. The van der Waals surface area contributed by atoms with Gasteiger partial charge in [0.25, 0.3) is 5.91 Å². The molecule has 110 valence electrons. The molecule has 1 aliphatic heterocycles. The highest BCUT2D eigenvalue weighted by Crippen LogP contribution is 2.19. The predicted octanol–water partition coefficient (Wildman–Crippen LogP) is 1.53. The van der Waals surface area contributed by atoms with Crippen LogP contribution in [0.2, 0.25) is 10.3 Å². The van der Waals surface area contributed by atoms with E-state index in [0.29, 0.717) is 25.2 Å². The SMILES string of the molecule is O=C(c1ccc(Cl)nc1Cl)N1CCCN(CCO)CC1. The van der Waals surface area contributed by atoms with Gasteiger partial charge < -0.3 is 10.0 Å². The van der Waals surface area contributed by atoms with Crippen molar-refractivity contribution >= 4 is 29.1 Å². The number of nitrogens with zero attached hydrogens (tertiary/aromatic N) is 3. The molecule has 0 radical (unpaired) electrons. The zero-order chi connectivity index (χ0) is 14.5. The zero-order valence-corrected chi connectivity index (χ0v) is 12.6. The van der Waals surface area contributed by atoms with Gasteiger partial charge in [-0.15, -0.1) is 0 Å². The molecule has 0 aromatic carbocycles. The number of amides is 1. The van der Waals surface area contributed by atoms with Crippen molar-refractivity contribution in [2.24, 2.45) is 0 Å². The van der Waals surface area contributed by atoms with E-state index in [4.69, 9.17) is 28.3 Å². The second kappa shape index (κ2) is 7.22. The van der Waals surface area contributed by atoms with E-state index in [1.54, 1.807) is 17.0 Å². The first-order chi connectivity index (χ1) is 9.61. The number of carbonyl (C=O) groups excluding carboxylic acids is 1. The molecule has 1 aromatic heterocycles. The second-order valence-electron chi connectivity index (χ2n) is 4.68. The van der Waals surface area contributed by atoms with Gasteiger partial charge in [-0.1, -0.05) is 23.2 Å². The summed E-state index contributed by atoms with van der Waals surface area (Å²) >= 11 is 11.7. The van der Waals surface area contributed by atoms with E-state index in [9.17, 15) is 4.79 Å². The number of hydrogen-bond acceptors (Lipinski definition) is 4. The maximum absolute atomic E-state index is 12.4. The number of pyridine rings is 1. The molecule has 1 aliphatic rings. The summed E-state index contributed by atoms with van der Waals surface area (Å²) in [5.74, 6) is -0.120. The van der Waals surface area contributed by atoms with E-state index in [1.165, 1.54) is 0 Å². The molecule has 1 N–H and O–H groups in total. The van der Waals surface area contributed by atoms with Gasteiger partial charge >= 0.3 is 0 Å². The third-order valence-corrected chi connectivity index (χ3v) is 3.84. The predicted molar refractivity (Wildman–Crippen MR) is 78.3 cm³/mol. The van der Waals surface area contributed by atoms with Crippen LogP contribution < -0.4 is 0 Å². The van der Waals surface area contributed by atoms with E-state index in [2.05, 4.69) is 9.88 Å². The number of rotatable bonds is 3. The Morgan fingerprint density at radius 2 is 2.05 bits per heavy atom. The average molecular weight is 318 g/mol. The number of carbonyl (C=O) groups is 1. The van der Waals surface area contributed by atoms with Gasteiger partial charge in [-0.25, -0.2) is 4.98 Å². The van der Waals surface area contributed by atoms with Crippen LogP contribution in [0.4, 0.5) is 0 Å². The Morgan fingerprint density at radius 1 is 1.25 bits per heavy atom. The molecule has 1 amide bonds. The van der Waals surface area contributed by atoms with E-state index in [-0.39, 0.29) is 22.8 Å². The maximum Gasteiger partial charge on any atom is 0.257 e. The molecule has 0 saturated carbocycles. The van der Waals surface area contributed by atoms with Crippen molar-refractivity contribution < 1.29 is 9.90 Å². The Bertz CT molecular complexity index is 485. The summed E-state index contributed by atoms with van der Waals surface area (Å²) in [6.45, 7) is 3.73. The van der Waals surface area contributed by atoms with Crippen molar-refractivity contribution in [3.05, 3.63) is 28.0 Å². The molecular weight excluding hydrogens is 301 g/mol. The van der Waals surface area contributed by atoms with Crippen LogP contribution in [0.15, 0.2) is 12.1 Å². The van der Waals surface area contributed by atoms with Crippen LogP contribution >= 0.6 is 23.2 Å². The van der Waals surface area contributed by atoms with E-state index >= 15 is 0 Å². The number of aromatic nitrogens is 1. The highest BCUT2D eigenvalue weighted by Gasteiger charge is 2.22. The Balaban J connectivity index is 2.05. The molecule has 0 unspecified atom stereocenters. The van der Waals surface area contributed by atoms with Gasteiger partial charge in [-0.2, -0.15) is 0 Å². The van der Waals surface area contributed by atoms with Crippen LogP contribution in [-0.2, 0) is 0 Å². The van der Waals surface area contributed by atoms with Gasteiger partial charge in [0.05, 0.1) is 12.2 Å². The van der Waals surface area contributed by atoms with Crippen molar-refractivity contribution in [1.29, 1.82) is 0 Å². The van der Waals surface area contributed by atoms with E-state index in [1.807, 2.05) is 0 Å². The topological polar surface area (TPSA) is 56.7 Å². The maximum atomic E-state index is 12.4. The summed E-state index contributed by atoms with van der Waals surface area (Å²) in [5.41, 5.74) is 0.381. The van der Waals surface area contributed by atoms with Crippen LogP contribution in [0.1, 0.15) is 16.8 Å². The molecule has 2 rings (SSSR count). The van der Waals surface area contributed by atoms with Crippen molar-refractivity contribution in [1.82, 2.24) is 14.8 Å². The lowest BCUT2D eigenvalue weighted by atomic mass is 10.2. The molecule has 2 heterocycles. The fourth-order valence-electron chi connectivity index (χ4n) is 2.28. The summed E-state index contributed by atoms with van der Waals surface area (Å²) in [7, 11) is 0. The Hall–Kier alpha value is -0.880. The molecule has 0 aliphatic carbocycles. The summed E-state index contributed by atoms with van der Waals surface area (Å²) in [6.07, 6.45) is 0.879. The molecule has 20 heavy (non-hydrogen) atoms. The molecule has 5 nitrogen and oxygen atoms in total. The molecule has 0 bridgehead atoms. The molecule has 1 aromatic rings. The lowest BCUT2D eigenvalue weighted by Crippen LogP contribution is -2.36. The Labute approximate surface area is 128 Å². The molecular formula is C13H17Cl2N3O2. The number of hydrogen-bond donors (Lipinski definition) is 1. The minimum Gasteiger partial charge on any atom is -0.395 e. The monoisotopic (exact) mass is 317 g/mol. The van der Waals surface area contributed by atoms with Gasteiger partial charge in [-0.3, -0.25) is 9.69 Å². The Morgan fingerprint density at radius 3 is 2.75 bits per heavy atom. The van der Waals surface area contributed by atoms with Gasteiger partial charge in [0.15, 0.2) is 0 Å². The van der Waals surface area contributed by atoms with Crippen LogP contribution in [0.3, 0.4) is 0 Å². The van der Waals surface area contributed by atoms with Crippen molar-refractivity contribution in [3.63, 3.8) is 0 Å². The molecule has 1 fully saturated rings. The van der Waals surface area contributed by atoms with Crippen LogP contribution in [0.25, 0.3) is 0 Å². The highest BCUT2D eigenvalue weighted by atomic mass is 35.5. The molecule has 0 spiro atoms. The first-order valence-electron chi connectivity index (χ1n) is 6.56. The number of aliphatic hydroxyl groups is 1. The minimum absolute atomic E-state index is 0.120. The fourth-order valence-corrected chi connectivity index (χ4v) is 2.71. The average Bonchev–Trinajstić information content (AvgIpc) is 2.64. The van der Waals surface area contributed by atoms with E-state index in [0.717, 1.165) is 19.5 Å². The smallest absolute Gasteiger partial charge is 0.257 e. The zero-order valence-electron chi connectivity index (χ0n) is 11.1. The van der Waals surface area contributed by atoms with Crippen LogP contribution in [0, 0.1) is 0 Å². The summed E-state index contributed by atoms with van der Waals surface area (Å²) in [4.78, 5) is 20.3. The quantitative estimate of drug-likeness (QED) is 0.859. The minimum atomic E-state index is -0.120. The summed E-state index contributed by atoms with van der Waals surface area (Å²) in [6, 6.07) is 3.17.